The van der Waals surface area contributed by atoms with Crippen LogP contribution >= 0.6 is 12.4 Å². The highest BCUT2D eigenvalue weighted by molar-refractivity contribution is 5.94. The Balaban J connectivity index is 0.00000288. The summed E-state index contributed by atoms with van der Waals surface area (Å²) in [5.74, 6) is -0.529. The van der Waals surface area contributed by atoms with Crippen LogP contribution in [0.4, 0.5) is 4.39 Å². The third kappa shape index (κ3) is 6.45. The van der Waals surface area contributed by atoms with Gasteiger partial charge in [0.2, 0.25) is 5.91 Å². The number of halogens is 2. The smallest absolute Gasteiger partial charge is 0.251 e. The third-order valence-electron chi connectivity index (χ3n) is 4.13. The van der Waals surface area contributed by atoms with Gasteiger partial charge in [-0.15, -0.1) is 12.4 Å². The number of rotatable bonds is 6. The van der Waals surface area contributed by atoms with E-state index in [-0.39, 0.29) is 42.0 Å². The molecule has 5 nitrogen and oxygen atoms in total. The third-order valence-corrected chi connectivity index (χ3v) is 4.13. The minimum atomic E-state index is -0.369. The molecule has 1 saturated carbocycles. The molecule has 134 valence electrons. The van der Waals surface area contributed by atoms with E-state index >= 15 is 0 Å². The molecule has 0 saturated heterocycles. The Bertz CT molecular complexity index is 539. The fourth-order valence-electron chi connectivity index (χ4n) is 2.82. The summed E-state index contributed by atoms with van der Waals surface area (Å²) < 4.78 is 12.8. The Morgan fingerprint density at radius 2 is 1.79 bits per heavy atom. The van der Waals surface area contributed by atoms with Crippen LogP contribution in [0.1, 0.15) is 42.5 Å². The summed E-state index contributed by atoms with van der Waals surface area (Å²) in [5.41, 5.74) is 6.31. The van der Waals surface area contributed by atoms with Gasteiger partial charge in [-0.2, -0.15) is 0 Å². The fourth-order valence-corrected chi connectivity index (χ4v) is 2.82. The van der Waals surface area contributed by atoms with Gasteiger partial charge in [0.05, 0.1) is 0 Å². The van der Waals surface area contributed by atoms with Crippen molar-refractivity contribution in [2.24, 2.45) is 11.7 Å². The lowest BCUT2D eigenvalue weighted by Gasteiger charge is -2.25. The zero-order chi connectivity index (χ0) is 16.7. The topological polar surface area (TPSA) is 84.2 Å². The van der Waals surface area contributed by atoms with Gasteiger partial charge in [0, 0.05) is 30.6 Å². The molecule has 2 rings (SSSR count). The molecule has 1 aromatic rings. The van der Waals surface area contributed by atoms with Crippen molar-refractivity contribution >= 4 is 24.2 Å². The number of nitrogens with one attached hydrogen (secondary N) is 2. The molecule has 2 atom stereocenters. The van der Waals surface area contributed by atoms with Gasteiger partial charge < -0.3 is 16.4 Å². The Morgan fingerprint density at radius 3 is 2.46 bits per heavy atom. The molecule has 0 bridgehead atoms. The van der Waals surface area contributed by atoms with Crippen LogP contribution in [0.3, 0.4) is 0 Å². The molecular formula is C17H25ClFN3O2. The number of carbonyl (C=O) groups excluding carboxylic acids is 2. The van der Waals surface area contributed by atoms with Crippen LogP contribution in [-0.2, 0) is 4.79 Å². The molecule has 4 N–H and O–H groups in total. The van der Waals surface area contributed by atoms with Gasteiger partial charge in [0.25, 0.3) is 5.91 Å². The highest BCUT2D eigenvalue weighted by Gasteiger charge is 2.24. The lowest BCUT2D eigenvalue weighted by Crippen LogP contribution is -2.38. The van der Waals surface area contributed by atoms with Crippen LogP contribution in [0.25, 0.3) is 0 Å². The molecule has 1 fully saturated rings. The zero-order valence-corrected chi connectivity index (χ0v) is 14.4. The number of hydrogen-bond donors (Lipinski definition) is 3. The standard InChI is InChI=1S/C17H24FN3O2.ClH/c18-14-7-5-12(6-8-14)16(22)20-9-2-10-21-17(23)13-3-1-4-15(19)11-13;/h5-8,13,15H,1-4,9-11,19H2,(H,20,22)(H,21,23);1H. The molecule has 0 radical (unpaired) electrons. The van der Waals surface area contributed by atoms with Gasteiger partial charge in [-0.3, -0.25) is 9.59 Å². The van der Waals surface area contributed by atoms with E-state index in [1.807, 2.05) is 0 Å². The minimum absolute atomic E-state index is 0. The van der Waals surface area contributed by atoms with Crippen LogP contribution in [-0.4, -0.2) is 30.9 Å². The minimum Gasteiger partial charge on any atom is -0.356 e. The van der Waals surface area contributed by atoms with Gasteiger partial charge in [0.15, 0.2) is 0 Å². The van der Waals surface area contributed by atoms with Crippen molar-refractivity contribution < 1.29 is 14.0 Å². The van der Waals surface area contributed by atoms with E-state index in [9.17, 15) is 14.0 Å². The van der Waals surface area contributed by atoms with Gasteiger partial charge >= 0.3 is 0 Å². The second-order valence-electron chi connectivity index (χ2n) is 6.03. The van der Waals surface area contributed by atoms with Crippen LogP contribution in [0.15, 0.2) is 24.3 Å². The van der Waals surface area contributed by atoms with E-state index in [0.29, 0.717) is 25.1 Å². The molecule has 0 aliphatic heterocycles. The van der Waals surface area contributed by atoms with Crippen molar-refractivity contribution in [1.29, 1.82) is 0 Å². The Hall–Kier alpha value is -1.66. The first-order chi connectivity index (χ1) is 11.1. The number of nitrogens with two attached hydrogens (primary N) is 1. The van der Waals surface area contributed by atoms with E-state index in [2.05, 4.69) is 10.6 Å². The van der Waals surface area contributed by atoms with Crippen molar-refractivity contribution in [2.45, 2.75) is 38.1 Å². The average Bonchev–Trinajstić information content (AvgIpc) is 2.54. The number of amides is 2. The maximum Gasteiger partial charge on any atom is 0.251 e. The highest BCUT2D eigenvalue weighted by Crippen LogP contribution is 2.22. The van der Waals surface area contributed by atoms with E-state index < -0.39 is 0 Å². The first kappa shape index (κ1) is 20.4. The summed E-state index contributed by atoms with van der Waals surface area (Å²) in [6.07, 6.45) is 4.32. The van der Waals surface area contributed by atoms with Gasteiger partial charge in [-0.1, -0.05) is 6.42 Å². The van der Waals surface area contributed by atoms with Crippen LogP contribution in [0.2, 0.25) is 0 Å². The van der Waals surface area contributed by atoms with Crippen molar-refractivity contribution in [3.05, 3.63) is 35.6 Å². The summed E-state index contributed by atoms with van der Waals surface area (Å²) in [4.78, 5) is 23.8. The number of carbonyl (C=O) groups is 2. The predicted octanol–water partition coefficient (Wildman–Crippen LogP) is 2.00. The number of benzene rings is 1. The summed E-state index contributed by atoms with van der Waals surface area (Å²) in [6, 6.07) is 5.53. The van der Waals surface area contributed by atoms with E-state index in [0.717, 1.165) is 25.7 Å². The lowest BCUT2D eigenvalue weighted by molar-refractivity contribution is -0.126. The molecule has 1 aliphatic carbocycles. The second kappa shape index (κ2) is 10.3. The molecule has 1 aromatic carbocycles. The highest BCUT2D eigenvalue weighted by atomic mass is 35.5. The van der Waals surface area contributed by atoms with Crippen LogP contribution < -0.4 is 16.4 Å². The number of hydrogen-bond acceptors (Lipinski definition) is 3. The van der Waals surface area contributed by atoms with Gasteiger partial charge in [-0.25, -0.2) is 4.39 Å². The largest absolute Gasteiger partial charge is 0.356 e. The Kier molecular flexibility index (Phi) is 8.71. The SMILES string of the molecule is Cl.NC1CCCC(C(=O)NCCCNC(=O)c2ccc(F)cc2)C1. The molecule has 0 heterocycles. The summed E-state index contributed by atoms with van der Waals surface area (Å²) in [6.45, 7) is 0.981. The molecule has 0 spiro atoms. The van der Waals surface area contributed by atoms with Crippen molar-refractivity contribution in [3.63, 3.8) is 0 Å². The first-order valence-electron chi connectivity index (χ1n) is 8.13. The van der Waals surface area contributed by atoms with E-state index in [4.69, 9.17) is 5.73 Å². The van der Waals surface area contributed by atoms with Crippen LogP contribution in [0, 0.1) is 11.7 Å². The van der Waals surface area contributed by atoms with Crippen LogP contribution in [0.5, 0.6) is 0 Å². The van der Waals surface area contributed by atoms with Gasteiger partial charge in [0.1, 0.15) is 5.82 Å². The molecule has 0 aromatic heterocycles. The summed E-state index contributed by atoms with van der Waals surface area (Å²) in [7, 11) is 0. The average molecular weight is 358 g/mol. The first-order valence-corrected chi connectivity index (χ1v) is 8.13. The van der Waals surface area contributed by atoms with Gasteiger partial charge in [-0.05, 0) is 49.9 Å². The molecule has 2 unspecified atom stereocenters. The van der Waals surface area contributed by atoms with Crippen molar-refractivity contribution in [3.8, 4) is 0 Å². The molecule has 1 aliphatic rings. The molecular weight excluding hydrogens is 333 g/mol. The second-order valence-corrected chi connectivity index (χ2v) is 6.03. The Morgan fingerprint density at radius 1 is 1.12 bits per heavy atom. The van der Waals surface area contributed by atoms with E-state index in [1.54, 1.807) is 0 Å². The quantitative estimate of drug-likeness (QED) is 0.681. The van der Waals surface area contributed by atoms with E-state index in [1.165, 1.54) is 24.3 Å². The molecule has 7 heteroatoms. The zero-order valence-electron chi connectivity index (χ0n) is 13.6. The van der Waals surface area contributed by atoms with Crippen molar-refractivity contribution in [2.75, 3.05) is 13.1 Å². The van der Waals surface area contributed by atoms with Crippen molar-refractivity contribution in [1.82, 2.24) is 10.6 Å². The maximum atomic E-state index is 12.8. The Labute approximate surface area is 148 Å². The summed E-state index contributed by atoms with van der Waals surface area (Å²) in [5, 5.41) is 5.64. The summed E-state index contributed by atoms with van der Waals surface area (Å²) >= 11 is 0. The predicted molar refractivity (Wildman–Crippen MR) is 93.5 cm³/mol. The maximum absolute atomic E-state index is 12.8. The molecule has 2 amide bonds. The normalized spacial score (nSPS) is 19.9. The fraction of sp³-hybridized carbons (Fsp3) is 0.529. The monoisotopic (exact) mass is 357 g/mol. The lowest BCUT2D eigenvalue weighted by atomic mass is 9.85. The molecule has 24 heavy (non-hydrogen) atoms.